The Balaban J connectivity index is 2.61. The first-order chi connectivity index (χ1) is 8.56. The summed E-state index contributed by atoms with van der Waals surface area (Å²) in [6.07, 6.45) is -0.704. The smallest absolute Gasteiger partial charge is 0.248 e. The molecule has 5 nitrogen and oxygen atoms in total. The van der Waals surface area contributed by atoms with E-state index in [1.54, 1.807) is 0 Å². The predicted molar refractivity (Wildman–Crippen MR) is 67.7 cm³/mol. The minimum atomic E-state index is -1.35. The molecule has 2 atom stereocenters. The molecule has 1 rings (SSSR count). The summed E-state index contributed by atoms with van der Waals surface area (Å²) >= 11 is 0. The Bertz CT molecular complexity index is 406. The Kier molecular flexibility index (Phi) is 5.32. The summed E-state index contributed by atoms with van der Waals surface area (Å²) in [5.74, 6) is -1.35. The SMILES string of the molecule is CCC(C(=O)NCC(O)C(N)=O)c1ccccc1. The normalized spacial score (nSPS) is 13.7. The van der Waals surface area contributed by atoms with Gasteiger partial charge in [-0.25, -0.2) is 0 Å². The summed E-state index contributed by atoms with van der Waals surface area (Å²) in [5.41, 5.74) is 5.81. The topological polar surface area (TPSA) is 92.4 Å². The van der Waals surface area contributed by atoms with Crippen LogP contribution < -0.4 is 11.1 Å². The number of hydrogen-bond acceptors (Lipinski definition) is 3. The maximum atomic E-state index is 11.9. The lowest BCUT2D eigenvalue weighted by molar-refractivity contribution is -0.127. The van der Waals surface area contributed by atoms with Gasteiger partial charge >= 0.3 is 0 Å². The highest BCUT2D eigenvalue weighted by atomic mass is 16.3. The number of aliphatic hydroxyl groups excluding tert-OH is 1. The zero-order chi connectivity index (χ0) is 13.5. The van der Waals surface area contributed by atoms with Crippen molar-refractivity contribution in [3.05, 3.63) is 35.9 Å². The van der Waals surface area contributed by atoms with Crippen molar-refractivity contribution < 1.29 is 14.7 Å². The summed E-state index contributed by atoms with van der Waals surface area (Å²) in [4.78, 5) is 22.6. The van der Waals surface area contributed by atoms with E-state index < -0.39 is 12.0 Å². The summed E-state index contributed by atoms with van der Waals surface area (Å²) < 4.78 is 0. The molecule has 0 aliphatic rings. The average Bonchev–Trinajstić information content (AvgIpc) is 2.38. The van der Waals surface area contributed by atoms with Gasteiger partial charge in [-0.15, -0.1) is 0 Å². The molecule has 0 radical (unpaired) electrons. The van der Waals surface area contributed by atoms with Crippen molar-refractivity contribution in [2.45, 2.75) is 25.4 Å². The highest BCUT2D eigenvalue weighted by molar-refractivity contribution is 5.85. The highest BCUT2D eigenvalue weighted by Gasteiger charge is 2.20. The number of carbonyl (C=O) groups excluding carboxylic acids is 2. The van der Waals surface area contributed by atoms with Gasteiger partial charge in [-0.05, 0) is 12.0 Å². The van der Waals surface area contributed by atoms with Gasteiger partial charge in [0.1, 0.15) is 6.10 Å². The molecular formula is C13H18N2O3. The third-order valence-electron chi connectivity index (χ3n) is 2.72. The van der Waals surface area contributed by atoms with Gasteiger partial charge in [-0.2, -0.15) is 0 Å². The number of aliphatic hydroxyl groups is 1. The fraction of sp³-hybridized carbons (Fsp3) is 0.385. The van der Waals surface area contributed by atoms with E-state index in [2.05, 4.69) is 5.32 Å². The monoisotopic (exact) mass is 250 g/mol. The molecule has 1 aromatic carbocycles. The van der Waals surface area contributed by atoms with Gasteiger partial charge in [-0.1, -0.05) is 37.3 Å². The molecule has 5 heteroatoms. The van der Waals surface area contributed by atoms with Gasteiger partial charge in [0, 0.05) is 0 Å². The third-order valence-corrected chi connectivity index (χ3v) is 2.72. The van der Waals surface area contributed by atoms with Gasteiger partial charge in [0.25, 0.3) is 0 Å². The van der Waals surface area contributed by atoms with Crippen molar-refractivity contribution in [1.29, 1.82) is 0 Å². The van der Waals surface area contributed by atoms with Crippen molar-refractivity contribution in [2.24, 2.45) is 5.73 Å². The van der Waals surface area contributed by atoms with Crippen LogP contribution in [-0.4, -0.2) is 29.6 Å². The first-order valence-electron chi connectivity index (χ1n) is 5.86. The van der Waals surface area contributed by atoms with E-state index in [1.807, 2.05) is 37.3 Å². The Labute approximate surface area is 106 Å². The van der Waals surface area contributed by atoms with Crippen LogP contribution in [0.15, 0.2) is 30.3 Å². The van der Waals surface area contributed by atoms with Crippen LogP contribution in [0.1, 0.15) is 24.8 Å². The maximum Gasteiger partial charge on any atom is 0.248 e. The first kappa shape index (κ1) is 14.2. The second-order valence-corrected chi connectivity index (χ2v) is 4.03. The molecule has 2 amide bonds. The van der Waals surface area contributed by atoms with Crippen LogP contribution in [0.4, 0.5) is 0 Å². The molecular weight excluding hydrogens is 232 g/mol. The second kappa shape index (κ2) is 6.76. The number of primary amides is 1. The number of amides is 2. The lowest BCUT2D eigenvalue weighted by Crippen LogP contribution is -2.41. The minimum Gasteiger partial charge on any atom is -0.381 e. The number of hydrogen-bond donors (Lipinski definition) is 3. The van der Waals surface area contributed by atoms with Crippen molar-refractivity contribution in [1.82, 2.24) is 5.32 Å². The predicted octanol–water partition coefficient (Wildman–Crippen LogP) is 0.143. The largest absolute Gasteiger partial charge is 0.381 e. The second-order valence-electron chi connectivity index (χ2n) is 4.03. The molecule has 0 fully saturated rings. The minimum absolute atomic E-state index is 0.155. The Morgan fingerprint density at radius 3 is 2.44 bits per heavy atom. The Morgan fingerprint density at radius 2 is 1.94 bits per heavy atom. The summed E-state index contributed by atoms with van der Waals surface area (Å²) in [5, 5.41) is 11.7. The van der Waals surface area contributed by atoms with Crippen LogP contribution in [0.5, 0.6) is 0 Å². The standard InChI is InChI=1S/C13H18N2O3/c1-2-10(9-6-4-3-5-7-9)13(18)15-8-11(16)12(14)17/h3-7,10-11,16H,2,8H2,1H3,(H2,14,17)(H,15,18). The molecule has 98 valence electrons. The Hall–Kier alpha value is -1.88. The van der Waals surface area contributed by atoms with Gasteiger partial charge in [0.05, 0.1) is 12.5 Å². The highest BCUT2D eigenvalue weighted by Crippen LogP contribution is 2.18. The molecule has 0 saturated heterocycles. The summed E-state index contributed by atoms with van der Waals surface area (Å²) in [6.45, 7) is 1.75. The summed E-state index contributed by atoms with van der Waals surface area (Å²) in [7, 11) is 0. The lowest BCUT2D eigenvalue weighted by Gasteiger charge is -2.16. The average molecular weight is 250 g/mol. The maximum absolute atomic E-state index is 11.9. The van der Waals surface area contributed by atoms with E-state index in [9.17, 15) is 14.7 Å². The fourth-order valence-corrected chi connectivity index (χ4v) is 1.68. The van der Waals surface area contributed by atoms with Crippen molar-refractivity contribution in [2.75, 3.05) is 6.54 Å². The molecule has 0 aliphatic carbocycles. The van der Waals surface area contributed by atoms with E-state index in [0.717, 1.165) is 5.56 Å². The quantitative estimate of drug-likeness (QED) is 0.670. The number of benzene rings is 1. The van der Waals surface area contributed by atoms with E-state index in [4.69, 9.17) is 5.73 Å². The molecule has 18 heavy (non-hydrogen) atoms. The molecule has 0 spiro atoms. The van der Waals surface area contributed by atoms with E-state index >= 15 is 0 Å². The number of nitrogens with one attached hydrogen (secondary N) is 1. The van der Waals surface area contributed by atoms with Gasteiger partial charge in [-0.3, -0.25) is 9.59 Å². The van der Waals surface area contributed by atoms with E-state index in [-0.39, 0.29) is 18.4 Å². The van der Waals surface area contributed by atoms with Gasteiger partial charge in [0.15, 0.2) is 0 Å². The van der Waals surface area contributed by atoms with Crippen LogP contribution in [0, 0.1) is 0 Å². The third kappa shape index (κ3) is 3.85. The zero-order valence-electron chi connectivity index (χ0n) is 10.3. The number of rotatable bonds is 6. The molecule has 0 saturated carbocycles. The molecule has 0 aliphatic heterocycles. The van der Waals surface area contributed by atoms with Crippen molar-refractivity contribution in [3.8, 4) is 0 Å². The van der Waals surface area contributed by atoms with E-state index in [0.29, 0.717) is 6.42 Å². The number of carbonyl (C=O) groups is 2. The van der Waals surface area contributed by atoms with Gasteiger partial charge in [0.2, 0.25) is 11.8 Å². The van der Waals surface area contributed by atoms with Crippen LogP contribution in [0.25, 0.3) is 0 Å². The summed E-state index contributed by atoms with van der Waals surface area (Å²) in [6, 6.07) is 9.36. The molecule has 0 aromatic heterocycles. The van der Waals surface area contributed by atoms with Crippen molar-refractivity contribution >= 4 is 11.8 Å². The number of nitrogens with two attached hydrogens (primary N) is 1. The molecule has 4 N–H and O–H groups in total. The van der Waals surface area contributed by atoms with Crippen molar-refractivity contribution in [3.63, 3.8) is 0 Å². The Morgan fingerprint density at radius 1 is 1.33 bits per heavy atom. The molecule has 1 aromatic rings. The first-order valence-corrected chi connectivity index (χ1v) is 5.86. The van der Waals surface area contributed by atoms with Crippen LogP contribution in [0.3, 0.4) is 0 Å². The van der Waals surface area contributed by atoms with Crippen LogP contribution in [-0.2, 0) is 9.59 Å². The zero-order valence-corrected chi connectivity index (χ0v) is 10.3. The molecule has 2 unspecified atom stereocenters. The van der Waals surface area contributed by atoms with E-state index in [1.165, 1.54) is 0 Å². The molecule has 0 bridgehead atoms. The van der Waals surface area contributed by atoms with Crippen LogP contribution >= 0.6 is 0 Å². The fourth-order valence-electron chi connectivity index (χ4n) is 1.68. The van der Waals surface area contributed by atoms with Gasteiger partial charge < -0.3 is 16.2 Å². The van der Waals surface area contributed by atoms with Crippen LogP contribution in [0.2, 0.25) is 0 Å². The lowest BCUT2D eigenvalue weighted by atomic mass is 9.95. The molecule has 0 heterocycles.